The Bertz CT molecular complexity index is 349. The van der Waals surface area contributed by atoms with Gasteiger partial charge in [-0.25, -0.2) is 9.78 Å². The smallest absolute Gasteiger partial charge is 0.320 e. The number of carbonyl (C=O) groups is 1. The van der Waals surface area contributed by atoms with Crippen molar-refractivity contribution in [2.75, 3.05) is 18.4 Å². The van der Waals surface area contributed by atoms with Crippen LogP contribution in [0.5, 0.6) is 0 Å². The fraction of sp³-hybridized carbons (Fsp3) is 0.500. The summed E-state index contributed by atoms with van der Waals surface area (Å²) in [6.07, 6.45) is 5.25. The number of aromatic nitrogens is 1. The van der Waals surface area contributed by atoms with Crippen LogP contribution in [0.15, 0.2) is 24.4 Å². The maximum Gasteiger partial charge on any atom is 0.320 e. The molecule has 1 aliphatic rings. The summed E-state index contributed by atoms with van der Waals surface area (Å²) in [6.45, 7) is 1.72. The quantitative estimate of drug-likeness (QED) is 0.739. The van der Waals surface area contributed by atoms with Crippen molar-refractivity contribution in [2.24, 2.45) is 0 Å². The Balaban J connectivity index is 1.70. The molecule has 1 aliphatic heterocycles. The van der Waals surface area contributed by atoms with E-state index in [9.17, 15) is 4.79 Å². The minimum Gasteiger partial charge on any atom is -0.336 e. The second-order valence-electron chi connectivity index (χ2n) is 4.20. The average molecular weight is 234 g/mol. The van der Waals surface area contributed by atoms with Gasteiger partial charge in [0.15, 0.2) is 0 Å². The zero-order valence-electron chi connectivity index (χ0n) is 9.78. The van der Waals surface area contributed by atoms with Gasteiger partial charge in [-0.2, -0.15) is 0 Å². The lowest BCUT2D eigenvalue weighted by atomic mass is 10.1. The van der Waals surface area contributed by atoms with Crippen molar-refractivity contribution in [3.05, 3.63) is 24.4 Å². The van der Waals surface area contributed by atoms with Gasteiger partial charge in [0.1, 0.15) is 5.82 Å². The van der Waals surface area contributed by atoms with Gasteiger partial charge in [-0.1, -0.05) is 12.5 Å². The summed E-state index contributed by atoms with van der Waals surface area (Å²) in [6, 6.07) is 5.62. The highest BCUT2D eigenvalue weighted by Gasteiger charge is 2.13. The van der Waals surface area contributed by atoms with Gasteiger partial charge in [0.25, 0.3) is 0 Å². The average Bonchev–Trinajstić information content (AvgIpc) is 2.39. The Kier molecular flexibility index (Phi) is 4.32. The molecule has 1 fully saturated rings. The third-order valence-electron chi connectivity index (χ3n) is 2.83. The number of pyridine rings is 1. The molecule has 1 aromatic heterocycles. The Labute approximate surface area is 101 Å². The van der Waals surface area contributed by atoms with Crippen molar-refractivity contribution in [3.8, 4) is 0 Å². The van der Waals surface area contributed by atoms with Gasteiger partial charge >= 0.3 is 6.03 Å². The molecule has 0 aromatic carbocycles. The summed E-state index contributed by atoms with van der Waals surface area (Å²) in [5.41, 5.74) is 0. The molecule has 1 atom stereocenters. The summed E-state index contributed by atoms with van der Waals surface area (Å²) >= 11 is 0. The van der Waals surface area contributed by atoms with E-state index in [2.05, 4.69) is 20.9 Å². The van der Waals surface area contributed by atoms with E-state index in [1.54, 1.807) is 12.3 Å². The topological polar surface area (TPSA) is 66.1 Å². The summed E-state index contributed by atoms with van der Waals surface area (Å²) in [4.78, 5) is 15.6. The molecule has 5 heteroatoms. The number of urea groups is 1. The Morgan fingerprint density at radius 3 is 3.12 bits per heavy atom. The summed E-state index contributed by atoms with van der Waals surface area (Å²) in [7, 11) is 0. The monoisotopic (exact) mass is 234 g/mol. The van der Waals surface area contributed by atoms with Crippen LogP contribution >= 0.6 is 0 Å². The fourth-order valence-corrected chi connectivity index (χ4v) is 1.91. The van der Waals surface area contributed by atoms with Crippen LogP contribution < -0.4 is 16.0 Å². The molecule has 17 heavy (non-hydrogen) atoms. The van der Waals surface area contributed by atoms with Crippen LogP contribution in [0, 0.1) is 0 Å². The fourth-order valence-electron chi connectivity index (χ4n) is 1.91. The predicted molar refractivity (Wildman–Crippen MR) is 66.9 cm³/mol. The van der Waals surface area contributed by atoms with E-state index in [0.29, 0.717) is 18.4 Å². The number of anilines is 1. The molecule has 1 unspecified atom stereocenters. The highest BCUT2D eigenvalue weighted by molar-refractivity contribution is 5.88. The van der Waals surface area contributed by atoms with Gasteiger partial charge in [0.2, 0.25) is 0 Å². The molecule has 1 aromatic rings. The predicted octanol–water partition coefficient (Wildman–Crippen LogP) is 1.35. The zero-order valence-corrected chi connectivity index (χ0v) is 9.78. The third-order valence-corrected chi connectivity index (χ3v) is 2.83. The van der Waals surface area contributed by atoms with Crippen LogP contribution in [0.2, 0.25) is 0 Å². The van der Waals surface area contributed by atoms with Crippen LogP contribution in [0.25, 0.3) is 0 Å². The van der Waals surface area contributed by atoms with E-state index in [1.807, 2.05) is 12.1 Å². The number of nitrogens with zero attached hydrogens (tertiary/aromatic N) is 1. The van der Waals surface area contributed by atoms with Crippen molar-refractivity contribution < 1.29 is 4.79 Å². The highest BCUT2D eigenvalue weighted by Crippen LogP contribution is 2.05. The molecular formula is C12H18N4O. The number of piperidine rings is 1. The number of carbonyl (C=O) groups excluding carboxylic acids is 1. The molecule has 1 saturated heterocycles. The first-order chi connectivity index (χ1) is 8.34. The summed E-state index contributed by atoms with van der Waals surface area (Å²) in [5.74, 6) is 0.571. The first-order valence-electron chi connectivity index (χ1n) is 6.04. The van der Waals surface area contributed by atoms with Crippen molar-refractivity contribution in [3.63, 3.8) is 0 Å². The maximum absolute atomic E-state index is 11.6. The second-order valence-corrected chi connectivity index (χ2v) is 4.20. The number of nitrogens with one attached hydrogen (secondary N) is 3. The van der Waals surface area contributed by atoms with Crippen molar-refractivity contribution in [1.29, 1.82) is 0 Å². The number of rotatable bonds is 3. The highest BCUT2D eigenvalue weighted by atomic mass is 16.2. The van der Waals surface area contributed by atoms with E-state index in [0.717, 1.165) is 13.0 Å². The summed E-state index contributed by atoms with van der Waals surface area (Å²) in [5, 5.41) is 8.92. The van der Waals surface area contributed by atoms with Crippen LogP contribution in [0.3, 0.4) is 0 Å². The molecule has 92 valence electrons. The van der Waals surface area contributed by atoms with Gasteiger partial charge in [0.05, 0.1) is 0 Å². The van der Waals surface area contributed by atoms with Gasteiger partial charge in [-0.3, -0.25) is 5.32 Å². The van der Waals surface area contributed by atoms with Crippen LogP contribution in [-0.4, -0.2) is 30.1 Å². The lowest BCUT2D eigenvalue weighted by molar-refractivity contribution is 0.249. The molecule has 0 aliphatic carbocycles. The Morgan fingerprint density at radius 1 is 1.47 bits per heavy atom. The second kappa shape index (κ2) is 6.20. The number of amides is 2. The van der Waals surface area contributed by atoms with Crippen LogP contribution in [-0.2, 0) is 0 Å². The van der Waals surface area contributed by atoms with E-state index in [-0.39, 0.29) is 6.03 Å². The van der Waals surface area contributed by atoms with Crippen molar-refractivity contribution in [1.82, 2.24) is 15.6 Å². The molecule has 0 spiro atoms. The molecule has 5 nitrogen and oxygen atoms in total. The first-order valence-corrected chi connectivity index (χ1v) is 6.04. The minimum absolute atomic E-state index is 0.198. The molecule has 3 N–H and O–H groups in total. The normalized spacial score (nSPS) is 19.6. The molecule has 0 saturated carbocycles. The standard InChI is InChI=1S/C12H18N4O/c17-12(16-11-6-2-4-8-14-11)15-9-10-5-1-3-7-13-10/h2,4,6,8,10,13H,1,3,5,7,9H2,(H2,14,15,16,17). The number of hydrogen-bond donors (Lipinski definition) is 3. The zero-order chi connectivity index (χ0) is 11.9. The van der Waals surface area contributed by atoms with Crippen molar-refractivity contribution in [2.45, 2.75) is 25.3 Å². The molecule has 2 amide bonds. The van der Waals surface area contributed by atoms with Gasteiger partial charge in [0, 0.05) is 18.8 Å². The molecule has 0 bridgehead atoms. The largest absolute Gasteiger partial charge is 0.336 e. The lowest BCUT2D eigenvalue weighted by Gasteiger charge is -2.23. The van der Waals surface area contributed by atoms with E-state index in [4.69, 9.17) is 0 Å². The van der Waals surface area contributed by atoms with E-state index >= 15 is 0 Å². The van der Waals surface area contributed by atoms with Gasteiger partial charge in [-0.05, 0) is 31.5 Å². The van der Waals surface area contributed by atoms with E-state index < -0.39 is 0 Å². The maximum atomic E-state index is 11.6. The van der Waals surface area contributed by atoms with Crippen LogP contribution in [0.4, 0.5) is 10.6 Å². The molecule has 2 heterocycles. The lowest BCUT2D eigenvalue weighted by Crippen LogP contribution is -2.44. The van der Waals surface area contributed by atoms with Gasteiger partial charge < -0.3 is 10.6 Å². The molecular weight excluding hydrogens is 216 g/mol. The molecule has 0 radical (unpaired) electrons. The van der Waals surface area contributed by atoms with Crippen LogP contribution in [0.1, 0.15) is 19.3 Å². The Hall–Kier alpha value is -1.62. The first kappa shape index (κ1) is 11.9. The number of hydrogen-bond acceptors (Lipinski definition) is 3. The third kappa shape index (κ3) is 4.03. The SMILES string of the molecule is O=C(NCC1CCCCN1)Nc1ccccn1. The van der Waals surface area contributed by atoms with E-state index in [1.165, 1.54) is 12.8 Å². The summed E-state index contributed by atoms with van der Waals surface area (Å²) < 4.78 is 0. The Morgan fingerprint density at radius 2 is 2.41 bits per heavy atom. The molecule has 2 rings (SSSR count). The van der Waals surface area contributed by atoms with Gasteiger partial charge in [-0.15, -0.1) is 0 Å². The minimum atomic E-state index is -0.198. The van der Waals surface area contributed by atoms with Crippen molar-refractivity contribution >= 4 is 11.8 Å².